The molecule has 0 saturated carbocycles. The Balaban J connectivity index is -0.00000000167. The van der Waals surface area contributed by atoms with Gasteiger partial charge in [-0.1, -0.05) is 0 Å². The maximum atomic E-state index is 7.83. The van der Waals surface area contributed by atoms with Gasteiger partial charge in [0, 0.05) is 47.9 Å². The Bertz CT molecular complexity index is 11.6. The maximum Gasteiger partial charge on any atom is 0.197 e. The minimum Gasteiger partial charge on any atom is -0.197 e. The summed E-state index contributed by atoms with van der Waals surface area (Å²) in [5.41, 5.74) is 0. The van der Waals surface area contributed by atoms with Crippen molar-refractivity contribution in [3.63, 3.8) is 0 Å². The van der Waals surface area contributed by atoms with Gasteiger partial charge in [-0.3, -0.25) is 0 Å². The van der Waals surface area contributed by atoms with Crippen LogP contribution in [0.15, 0.2) is 0 Å². The molecule has 7 radical (unpaired) electrons. The Kier molecular flexibility index (Phi) is 307. The first-order chi connectivity index (χ1) is 1.00. The molecule has 5 heavy (non-hydrogen) atoms. The van der Waals surface area contributed by atoms with Gasteiger partial charge in [-0.05, 0) is 0 Å². The van der Waals surface area contributed by atoms with Crippen LogP contribution >= 0.6 is 9.90 Å². The molecule has 0 fully saturated rings. The average Bonchev–Trinajstić information content (AvgIpc) is 1.00. The second kappa shape index (κ2) is 49.0. The van der Waals surface area contributed by atoms with Gasteiger partial charge in [-0.25, -0.2) is 0 Å². The van der Waals surface area contributed by atoms with Crippen LogP contribution in [-0.4, -0.2) is 42.2 Å². The second-order valence-corrected chi connectivity index (χ2v) is 0. The summed E-state index contributed by atoms with van der Waals surface area (Å²) >= 11 is 2.83. The van der Waals surface area contributed by atoms with Crippen molar-refractivity contribution in [3.8, 4) is 0 Å². The number of rotatable bonds is 0. The van der Waals surface area contributed by atoms with E-state index >= 15 is 0 Å². The van der Waals surface area contributed by atoms with Crippen LogP contribution in [0.1, 0.15) is 0 Å². The van der Waals surface area contributed by atoms with Gasteiger partial charge < -0.3 is 0 Å². The van der Waals surface area contributed by atoms with E-state index in [2.05, 4.69) is 12.5 Å². The molecule has 0 N–H and O–H groups in total. The Labute approximate surface area is 64.3 Å². The largest absolute Gasteiger partial charge is 0.197 e. The van der Waals surface area contributed by atoms with Crippen LogP contribution in [0.4, 0.5) is 0 Å². The minimum atomic E-state index is 0. The summed E-state index contributed by atoms with van der Waals surface area (Å²) in [6.45, 7) is 0. The standard InChI is InChI=1S/B.Na.OS.P/c;;1-2;. The zero-order valence-electron chi connectivity index (χ0n) is 2.84. The summed E-state index contributed by atoms with van der Waals surface area (Å²) in [5, 5.41) is 0. The van der Waals surface area contributed by atoms with E-state index in [1.807, 2.05) is 0 Å². The van der Waals surface area contributed by atoms with Gasteiger partial charge in [0.1, 0.15) is 0 Å². The molecular weight excluding hydrogens is 113 g/mol. The molecule has 0 saturated heterocycles. The first-order valence-corrected chi connectivity index (χ1v) is 0.500. The van der Waals surface area contributed by atoms with Gasteiger partial charge >= 0.3 is 0 Å². The molecular formula is BNaOPS. The molecule has 5 heteroatoms. The summed E-state index contributed by atoms with van der Waals surface area (Å²) in [5.74, 6) is 0. The molecule has 0 spiro atoms. The molecule has 0 heterocycles. The first-order valence-electron chi connectivity index (χ1n) is 0.167. The molecule has 0 aliphatic heterocycles. The fourth-order valence-electron chi connectivity index (χ4n) is 0. The van der Waals surface area contributed by atoms with Crippen molar-refractivity contribution in [2.75, 3.05) is 0 Å². The zero-order chi connectivity index (χ0) is 2.00. The molecule has 0 aromatic rings. The summed E-state index contributed by atoms with van der Waals surface area (Å²) < 4.78 is 7.83. The Morgan fingerprint density at radius 2 is 1.20 bits per heavy atom. The van der Waals surface area contributed by atoms with E-state index < -0.39 is 0 Å². The van der Waals surface area contributed by atoms with Crippen molar-refractivity contribution in [1.82, 2.24) is 0 Å². The third kappa shape index (κ3) is 29.7. The van der Waals surface area contributed by atoms with Crippen LogP contribution in [-0.2, 0) is 12.5 Å². The van der Waals surface area contributed by atoms with Gasteiger partial charge in [0.2, 0.25) is 0 Å². The molecule has 0 aliphatic rings. The smallest absolute Gasteiger partial charge is 0.197 e. The van der Waals surface area contributed by atoms with E-state index in [9.17, 15) is 0 Å². The third-order valence-corrected chi connectivity index (χ3v) is 0. The number of hydrogen-bond donors (Lipinski definition) is 0. The first kappa shape index (κ1) is 31.3. The average molecular weight is 113 g/mol. The Morgan fingerprint density at radius 3 is 1.20 bits per heavy atom. The molecule has 0 unspecified atom stereocenters. The summed E-state index contributed by atoms with van der Waals surface area (Å²) in [7, 11) is 0. The maximum absolute atomic E-state index is 7.83. The molecule has 1 nitrogen and oxygen atoms in total. The van der Waals surface area contributed by atoms with E-state index in [0.29, 0.717) is 0 Å². The normalized spacial score (nSPS) is 0.800. The van der Waals surface area contributed by atoms with Crippen molar-refractivity contribution >= 4 is 60.4 Å². The van der Waals surface area contributed by atoms with Crippen LogP contribution in [0.5, 0.6) is 0 Å². The van der Waals surface area contributed by atoms with Crippen LogP contribution in [0, 0.1) is 0 Å². The molecule has 0 bridgehead atoms. The van der Waals surface area contributed by atoms with Gasteiger partial charge in [0.05, 0.1) is 0 Å². The van der Waals surface area contributed by atoms with Crippen LogP contribution in [0.3, 0.4) is 0 Å². The monoisotopic (exact) mass is 113 g/mol. The molecule has 0 aliphatic carbocycles. The molecule has 0 rings (SSSR count). The fraction of sp³-hybridized carbons (Fsp3) is 0. The topological polar surface area (TPSA) is 17.1 Å². The third-order valence-electron chi connectivity index (χ3n) is 0. The molecule has 0 aromatic carbocycles. The minimum absolute atomic E-state index is 0. The van der Waals surface area contributed by atoms with E-state index in [1.165, 1.54) is 0 Å². The quantitative estimate of drug-likeness (QED) is 0.318. The Morgan fingerprint density at radius 1 is 1.20 bits per heavy atom. The van der Waals surface area contributed by atoms with Gasteiger partial charge in [0.15, 0.2) is 12.5 Å². The van der Waals surface area contributed by atoms with Gasteiger partial charge in [0.25, 0.3) is 0 Å². The van der Waals surface area contributed by atoms with Crippen molar-refractivity contribution in [3.05, 3.63) is 0 Å². The van der Waals surface area contributed by atoms with Crippen LogP contribution < -0.4 is 0 Å². The summed E-state index contributed by atoms with van der Waals surface area (Å²) in [6.07, 6.45) is 0. The summed E-state index contributed by atoms with van der Waals surface area (Å²) in [6, 6.07) is 0. The SMILES string of the molecule is O=S.[B].[Na].[P]. The van der Waals surface area contributed by atoms with Crippen molar-refractivity contribution in [1.29, 1.82) is 0 Å². The van der Waals surface area contributed by atoms with E-state index in [0.717, 1.165) is 0 Å². The molecule has 21 valence electrons. The van der Waals surface area contributed by atoms with Gasteiger partial charge in [-0.2, -0.15) is 4.21 Å². The predicted molar refractivity (Wildman–Crippen MR) is 26.6 cm³/mol. The molecule has 0 atom stereocenters. The number of hydrogen-bond acceptors (Lipinski definition) is 2. The van der Waals surface area contributed by atoms with Crippen molar-refractivity contribution < 1.29 is 4.21 Å². The molecule has 0 amide bonds. The van der Waals surface area contributed by atoms with Crippen LogP contribution in [0.25, 0.3) is 0 Å². The van der Waals surface area contributed by atoms with Crippen molar-refractivity contribution in [2.45, 2.75) is 0 Å². The van der Waals surface area contributed by atoms with E-state index in [4.69, 9.17) is 4.21 Å². The molecule has 0 aromatic heterocycles. The van der Waals surface area contributed by atoms with E-state index in [-0.39, 0.29) is 47.9 Å². The fourth-order valence-corrected chi connectivity index (χ4v) is 0. The van der Waals surface area contributed by atoms with E-state index in [1.54, 1.807) is 0 Å². The van der Waals surface area contributed by atoms with Crippen molar-refractivity contribution in [2.24, 2.45) is 0 Å². The zero-order valence-corrected chi connectivity index (χ0v) is 6.55. The Hall–Kier alpha value is 1.51. The summed E-state index contributed by atoms with van der Waals surface area (Å²) in [4.78, 5) is 0. The van der Waals surface area contributed by atoms with Crippen LogP contribution in [0.2, 0.25) is 0 Å². The second-order valence-electron chi connectivity index (χ2n) is 0. The van der Waals surface area contributed by atoms with Gasteiger partial charge in [-0.15, -0.1) is 0 Å². The predicted octanol–water partition coefficient (Wildman–Crippen LogP) is -0.237.